The lowest BCUT2D eigenvalue weighted by molar-refractivity contribution is -0.132. The number of amides is 1. The first-order chi connectivity index (χ1) is 11.6. The first kappa shape index (κ1) is 16.0. The van der Waals surface area contributed by atoms with E-state index in [2.05, 4.69) is 4.90 Å². The highest BCUT2D eigenvalue weighted by Gasteiger charge is 2.26. The van der Waals surface area contributed by atoms with E-state index in [0.29, 0.717) is 30.9 Å². The summed E-state index contributed by atoms with van der Waals surface area (Å²) >= 11 is 0. The summed E-state index contributed by atoms with van der Waals surface area (Å²) in [6.07, 6.45) is 2.02. The van der Waals surface area contributed by atoms with E-state index < -0.39 is 0 Å². The molecule has 0 saturated carbocycles. The molecule has 1 aliphatic heterocycles. The smallest absolute Gasteiger partial charge is 0.229 e. The molecular weight excluding hydrogens is 300 g/mol. The molecule has 3 rings (SSSR count). The summed E-state index contributed by atoms with van der Waals surface area (Å²) < 4.78 is 0. The van der Waals surface area contributed by atoms with Crippen molar-refractivity contribution in [3.63, 3.8) is 0 Å². The zero-order valence-electron chi connectivity index (χ0n) is 13.7. The number of carbonyl (C=O) groups is 2. The van der Waals surface area contributed by atoms with Gasteiger partial charge >= 0.3 is 0 Å². The minimum atomic E-state index is -0.0924. The van der Waals surface area contributed by atoms with Crippen LogP contribution in [0.5, 0.6) is 0 Å². The zero-order chi connectivity index (χ0) is 16.9. The molecule has 1 aliphatic rings. The number of allylic oxidation sites excluding steroid dienone is 1. The molecule has 0 N–H and O–H groups in total. The van der Waals surface area contributed by atoms with Crippen molar-refractivity contribution < 1.29 is 9.59 Å². The molecule has 24 heavy (non-hydrogen) atoms. The topological polar surface area (TPSA) is 40.6 Å². The minimum absolute atomic E-state index is 0.0337. The highest BCUT2D eigenvalue weighted by atomic mass is 16.2. The van der Waals surface area contributed by atoms with Gasteiger partial charge in [0.2, 0.25) is 5.91 Å². The number of hydrogen-bond donors (Lipinski definition) is 0. The second-order valence-corrected chi connectivity index (χ2v) is 5.84. The molecule has 0 aliphatic carbocycles. The summed E-state index contributed by atoms with van der Waals surface area (Å²) in [7, 11) is 1.73. The first-order valence-electron chi connectivity index (χ1n) is 8.01. The summed E-state index contributed by atoms with van der Waals surface area (Å²) in [5.74, 6) is 0.598. The van der Waals surface area contributed by atoms with Crippen LogP contribution < -0.4 is 0 Å². The monoisotopic (exact) mass is 320 g/mol. The Balaban J connectivity index is 1.88. The average molecular weight is 320 g/mol. The molecule has 1 fully saturated rings. The third-order valence-corrected chi connectivity index (χ3v) is 4.17. The third kappa shape index (κ3) is 3.54. The van der Waals surface area contributed by atoms with Gasteiger partial charge in [-0.25, -0.2) is 0 Å². The summed E-state index contributed by atoms with van der Waals surface area (Å²) in [5.41, 5.74) is 1.77. The summed E-state index contributed by atoms with van der Waals surface area (Å²) in [6.45, 7) is 1.29. The van der Waals surface area contributed by atoms with Gasteiger partial charge in [-0.1, -0.05) is 60.7 Å². The van der Waals surface area contributed by atoms with Crippen LogP contribution in [0, 0.1) is 0 Å². The molecule has 122 valence electrons. The molecule has 0 unspecified atom stereocenters. The van der Waals surface area contributed by atoms with E-state index in [0.717, 1.165) is 5.56 Å². The fourth-order valence-electron chi connectivity index (χ4n) is 2.81. The number of rotatable bonds is 4. The zero-order valence-corrected chi connectivity index (χ0v) is 13.7. The molecule has 2 aromatic rings. The van der Waals surface area contributed by atoms with Gasteiger partial charge in [0.05, 0.1) is 0 Å². The molecule has 4 nitrogen and oxygen atoms in total. The van der Waals surface area contributed by atoms with Crippen LogP contribution in [0.1, 0.15) is 22.3 Å². The lowest BCUT2D eigenvalue weighted by atomic mass is 10.1. The Morgan fingerprint density at radius 2 is 1.67 bits per heavy atom. The van der Waals surface area contributed by atoms with Gasteiger partial charge in [0, 0.05) is 38.2 Å². The second-order valence-electron chi connectivity index (χ2n) is 5.84. The number of benzene rings is 2. The third-order valence-electron chi connectivity index (χ3n) is 4.17. The van der Waals surface area contributed by atoms with Crippen molar-refractivity contribution in [3.8, 4) is 0 Å². The fraction of sp³-hybridized carbons (Fsp3) is 0.200. The lowest BCUT2D eigenvalue weighted by Gasteiger charge is -2.37. The maximum atomic E-state index is 12.5. The molecule has 0 atom stereocenters. The van der Waals surface area contributed by atoms with Crippen LogP contribution in [-0.2, 0) is 11.3 Å². The average Bonchev–Trinajstić information content (AvgIpc) is 2.63. The number of ketones is 1. The largest absolute Gasteiger partial charge is 0.353 e. The number of nitrogens with zero attached hydrogens (tertiary/aromatic N) is 2. The molecule has 2 aromatic carbocycles. The second kappa shape index (κ2) is 7.13. The first-order valence-corrected chi connectivity index (χ1v) is 8.01. The predicted octanol–water partition coefficient (Wildman–Crippen LogP) is 3.08. The van der Waals surface area contributed by atoms with Gasteiger partial charge in [-0.2, -0.15) is 0 Å². The van der Waals surface area contributed by atoms with Crippen molar-refractivity contribution in [2.75, 3.05) is 13.6 Å². The Bertz CT molecular complexity index is 754. The van der Waals surface area contributed by atoms with Gasteiger partial charge < -0.3 is 9.80 Å². The van der Waals surface area contributed by atoms with Crippen molar-refractivity contribution in [2.45, 2.75) is 13.0 Å². The Morgan fingerprint density at radius 3 is 2.33 bits per heavy atom. The van der Waals surface area contributed by atoms with Crippen LogP contribution in [0.3, 0.4) is 0 Å². The molecule has 0 aromatic heterocycles. The van der Waals surface area contributed by atoms with Crippen LogP contribution in [-0.4, -0.2) is 35.1 Å². The summed E-state index contributed by atoms with van der Waals surface area (Å²) in [5, 5.41) is 0. The van der Waals surface area contributed by atoms with Crippen LogP contribution in [0.4, 0.5) is 0 Å². The van der Waals surface area contributed by atoms with Crippen molar-refractivity contribution in [1.82, 2.24) is 9.80 Å². The predicted molar refractivity (Wildman–Crippen MR) is 93.1 cm³/mol. The van der Waals surface area contributed by atoms with Crippen LogP contribution in [0.2, 0.25) is 0 Å². The number of carbonyl (C=O) groups excluding carboxylic acids is 2. The quantitative estimate of drug-likeness (QED) is 0.642. The Morgan fingerprint density at radius 1 is 1.04 bits per heavy atom. The van der Waals surface area contributed by atoms with E-state index in [1.807, 2.05) is 48.5 Å². The lowest BCUT2D eigenvalue weighted by Crippen LogP contribution is -2.43. The van der Waals surface area contributed by atoms with Crippen molar-refractivity contribution >= 4 is 11.7 Å². The normalized spacial score (nSPS) is 16.5. The molecule has 1 heterocycles. The maximum Gasteiger partial charge on any atom is 0.229 e. The van der Waals surface area contributed by atoms with E-state index in [9.17, 15) is 9.59 Å². The van der Waals surface area contributed by atoms with E-state index in [1.54, 1.807) is 30.2 Å². The molecule has 1 amide bonds. The summed E-state index contributed by atoms with van der Waals surface area (Å²) in [6, 6.07) is 19.2. The van der Waals surface area contributed by atoms with E-state index in [1.165, 1.54) is 0 Å². The molecule has 0 spiro atoms. The minimum Gasteiger partial charge on any atom is -0.353 e. The van der Waals surface area contributed by atoms with Crippen LogP contribution in [0.25, 0.3) is 0 Å². The van der Waals surface area contributed by atoms with Gasteiger partial charge in [0.1, 0.15) is 5.82 Å². The maximum absolute atomic E-state index is 12.5. The number of hydrogen-bond acceptors (Lipinski definition) is 3. The van der Waals surface area contributed by atoms with Gasteiger partial charge in [-0.15, -0.1) is 0 Å². The van der Waals surface area contributed by atoms with Gasteiger partial charge in [0.25, 0.3) is 0 Å². The Kier molecular flexibility index (Phi) is 4.75. The molecular formula is C20H20N2O2. The standard InChI is InChI=1S/C20H20N2O2/c1-21-19(14-18(23)17-10-6-3-7-11-17)22(13-12-20(21)24)15-16-8-4-2-5-9-16/h2-11,14H,12-13,15H2,1H3/b19-14+. The highest BCUT2D eigenvalue weighted by molar-refractivity contribution is 6.05. The Labute approximate surface area is 142 Å². The van der Waals surface area contributed by atoms with Gasteiger partial charge in [0.15, 0.2) is 5.78 Å². The SMILES string of the molecule is CN1C(=O)CCN(Cc2ccccc2)/C1=C/C(=O)c1ccccc1. The fourth-order valence-corrected chi connectivity index (χ4v) is 2.81. The molecule has 0 bridgehead atoms. The van der Waals surface area contributed by atoms with Crippen molar-refractivity contribution in [3.05, 3.63) is 83.7 Å². The van der Waals surface area contributed by atoms with E-state index >= 15 is 0 Å². The molecule has 0 radical (unpaired) electrons. The Hall–Kier alpha value is -2.88. The van der Waals surface area contributed by atoms with Crippen molar-refractivity contribution in [1.29, 1.82) is 0 Å². The van der Waals surface area contributed by atoms with E-state index in [4.69, 9.17) is 0 Å². The van der Waals surface area contributed by atoms with Crippen LogP contribution in [0.15, 0.2) is 72.6 Å². The highest BCUT2D eigenvalue weighted by Crippen LogP contribution is 2.21. The van der Waals surface area contributed by atoms with E-state index in [-0.39, 0.29) is 11.7 Å². The van der Waals surface area contributed by atoms with Gasteiger partial charge in [-0.3, -0.25) is 9.59 Å². The van der Waals surface area contributed by atoms with Crippen molar-refractivity contribution in [2.24, 2.45) is 0 Å². The van der Waals surface area contributed by atoms with Crippen LogP contribution >= 0.6 is 0 Å². The van der Waals surface area contributed by atoms with Gasteiger partial charge in [-0.05, 0) is 5.56 Å². The molecule has 1 saturated heterocycles. The summed E-state index contributed by atoms with van der Waals surface area (Å²) in [4.78, 5) is 28.2. The molecule has 4 heteroatoms.